The molecule has 0 aliphatic carbocycles. The molecular weight excluding hydrogens is 255 g/mol. The van der Waals surface area contributed by atoms with Crippen molar-refractivity contribution < 1.29 is 9.18 Å². The lowest BCUT2D eigenvalue weighted by atomic mass is 10.1. The average Bonchev–Trinajstić information content (AvgIpc) is 2.42. The second-order valence-corrected chi connectivity index (χ2v) is 4.70. The molecule has 1 amide bonds. The largest absolute Gasteiger partial charge is 0.396 e. The van der Waals surface area contributed by atoms with Gasteiger partial charge in [0, 0.05) is 6.54 Å². The van der Waals surface area contributed by atoms with Gasteiger partial charge in [0.2, 0.25) is 0 Å². The number of carbonyl (C=O) groups excluding carboxylic acids is 1. The molecule has 2 rings (SSSR count). The van der Waals surface area contributed by atoms with Crippen molar-refractivity contribution in [2.75, 3.05) is 12.3 Å². The highest BCUT2D eigenvalue weighted by Crippen LogP contribution is 2.15. The van der Waals surface area contributed by atoms with Gasteiger partial charge < -0.3 is 11.1 Å². The van der Waals surface area contributed by atoms with E-state index in [2.05, 4.69) is 11.4 Å². The molecule has 0 aliphatic heterocycles. The lowest BCUT2D eigenvalue weighted by Crippen LogP contribution is -2.26. The molecule has 20 heavy (non-hydrogen) atoms. The van der Waals surface area contributed by atoms with Crippen LogP contribution in [0.5, 0.6) is 0 Å². The molecule has 3 N–H and O–H groups in total. The maximum Gasteiger partial charge on any atom is 0.253 e. The second kappa shape index (κ2) is 6.19. The minimum Gasteiger partial charge on any atom is -0.396 e. The molecule has 0 spiro atoms. The quantitative estimate of drug-likeness (QED) is 0.841. The fraction of sp³-hybridized carbons (Fsp3) is 0.188. The van der Waals surface area contributed by atoms with Gasteiger partial charge in [0.05, 0.1) is 11.3 Å². The molecule has 4 heteroatoms. The highest BCUT2D eigenvalue weighted by Gasteiger charge is 2.11. The Morgan fingerprint density at radius 1 is 1.25 bits per heavy atom. The van der Waals surface area contributed by atoms with Gasteiger partial charge in [-0.05, 0) is 31.0 Å². The number of carbonyl (C=O) groups is 1. The third-order valence-corrected chi connectivity index (χ3v) is 3.08. The number of para-hydroxylation sites is 1. The van der Waals surface area contributed by atoms with E-state index < -0.39 is 5.82 Å². The van der Waals surface area contributed by atoms with Crippen LogP contribution in [0.25, 0.3) is 0 Å². The lowest BCUT2D eigenvalue weighted by molar-refractivity contribution is 0.0954. The topological polar surface area (TPSA) is 55.1 Å². The van der Waals surface area contributed by atoms with Crippen LogP contribution in [-0.2, 0) is 6.42 Å². The molecule has 2 aromatic carbocycles. The third-order valence-electron chi connectivity index (χ3n) is 3.08. The van der Waals surface area contributed by atoms with Crippen LogP contribution in [0.2, 0.25) is 0 Å². The summed E-state index contributed by atoms with van der Waals surface area (Å²) in [6, 6.07) is 12.3. The molecule has 0 bridgehead atoms. The molecule has 0 radical (unpaired) electrons. The summed E-state index contributed by atoms with van der Waals surface area (Å²) in [5.74, 6) is -0.925. The summed E-state index contributed by atoms with van der Waals surface area (Å²) in [6.45, 7) is 2.51. The smallest absolute Gasteiger partial charge is 0.253 e. The second-order valence-electron chi connectivity index (χ2n) is 4.70. The summed E-state index contributed by atoms with van der Waals surface area (Å²) in [6.07, 6.45) is 0.725. The Hall–Kier alpha value is -2.36. The van der Waals surface area contributed by atoms with Gasteiger partial charge >= 0.3 is 0 Å². The summed E-state index contributed by atoms with van der Waals surface area (Å²) in [7, 11) is 0. The van der Waals surface area contributed by atoms with Crippen LogP contribution in [0.3, 0.4) is 0 Å². The first-order valence-corrected chi connectivity index (χ1v) is 6.45. The van der Waals surface area contributed by atoms with Crippen LogP contribution in [0.15, 0.2) is 42.5 Å². The van der Waals surface area contributed by atoms with E-state index in [0.717, 1.165) is 12.0 Å². The van der Waals surface area contributed by atoms with Crippen molar-refractivity contribution in [3.8, 4) is 0 Å². The van der Waals surface area contributed by atoms with E-state index in [1.807, 2.05) is 25.1 Å². The van der Waals surface area contributed by atoms with Crippen LogP contribution in [0, 0.1) is 12.7 Å². The van der Waals surface area contributed by atoms with Crippen LogP contribution < -0.4 is 11.1 Å². The minimum absolute atomic E-state index is 0.111. The number of anilines is 1. The molecule has 0 unspecified atom stereocenters. The van der Waals surface area contributed by atoms with Gasteiger partial charge in [0.25, 0.3) is 5.91 Å². The van der Waals surface area contributed by atoms with Crippen LogP contribution in [-0.4, -0.2) is 12.5 Å². The molecule has 3 nitrogen and oxygen atoms in total. The van der Waals surface area contributed by atoms with Crippen LogP contribution >= 0.6 is 0 Å². The number of nitrogens with one attached hydrogen (secondary N) is 1. The minimum atomic E-state index is -0.573. The number of hydrogen-bond donors (Lipinski definition) is 2. The zero-order chi connectivity index (χ0) is 14.5. The summed E-state index contributed by atoms with van der Waals surface area (Å²) < 4.78 is 13.3. The highest BCUT2D eigenvalue weighted by molar-refractivity contribution is 5.99. The summed E-state index contributed by atoms with van der Waals surface area (Å²) in [5, 5.41) is 2.75. The van der Waals surface area contributed by atoms with Crippen molar-refractivity contribution in [1.29, 1.82) is 0 Å². The number of rotatable bonds is 4. The predicted octanol–water partition coefficient (Wildman–Crippen LogP) is 2.69. The van der Waals surface area contributed by atoms with Crippen molar-refractivity contribution in [2.45, 2.75) is 13.3 Å². The van der Waals surface area contributed by atoms with Gasteiger partial charge in [-0.1, -0.05) is 35.9 Å². The standard InChI is InChI=1S/C16H17FN2O/c1-11-4-2-5-12(10-11)8-9-19-16(20)13-6-3-7-14(17)15(13)18/h2-7,10H,8-9,18H2,1H3,(H,19,20). The Morgan fingerprint density at radius 2 is 2.00 bits per heavy atom. The van der Waals surface area contributed by atoms with Gasteiger partial charge in [-0.3, -0.25) is 4.79 Å². The van der Waals surface area contributed by atoms with Gasteiger partial charge in [0.15, 0.2) is 0 Å². The van der Waals surface area contributed by atoms with E-state index in [0.29, 0.717) is 6.54 Å². The number of halogens is 1. The summed E-state index contributed by atoms with van der Waals surface area (Å²) in [5.41, 5.74) is 7.95. The van der Waals surface area contributed by atoms with E-state index in [9.17, 15) is 9.18 Å². The number of benzene rings is 2. The number of hydrogen-bond acceptors (Lipinski definition) is 2. The van der Waals surface area contributed by atoms with E-state index in [1.54, 1.807) is 0 Å². The molecule has 0 aliphatic rings. The Labute approximate surface area is 117 Å². The Balaban J connectivity index is 1.94. The molecule has 2 aromatic rings. The Kier molecular flexibility index (Phi) is 4.35. The van der Waals surface area contributed by atoms with Gasteiger partial charge in [-0.2, -0.15) is 0 Å². The normalized spacial score (nSPS) is 10.3. The first kappa shape index (κ1) is 14.1. The summed E-state index contributed by atoms with van der Waals surface area (Å²) in [4.78, 5) is 11.9. The zero-order valence-electron chi connectivity index (χ0n) is 11.3. The molecule has 0 saturated carbocycles. The number of nitrogen functional groups attached to an aromatic ring is 1. The molecule has 0 fully saturated rings. The maximum absolute atomic E-state index is 13.3. The van der Waals surface area contributed by atoms with Crippen molar-refractivity contribution in [2.24, 2.45) is 0 Å². The average molecular weight is 272 g/mol. The summed E-state index contributed by atoms with van der Waals surface area (Å²) >= 11 is 0. The zero-order valence-corrected chi connectivity index (χ0v) is 11.3. The van der Waals surface area contributed by atoms with E-state index in [-0.39, 0.29) is 17.2 Å². The van der Waals surface area contributed by atoms with Crippen molar-refractivity contribution in [3.63, 3.8) is 0 Å². The monoisotopic (exact) mass is 272 g/mol. The molecule has 0 atom stereocenters. The molecule has 0 saturated heterocycles. The molecule has 0 aromatic heterocycles. The van der Waals surface area contributed by atoms with E-state index >= 15 is 0 Å². The lowest BCUT2D eigenvalue weighted by Gasteiger charge is -2.08. The van der Waals surface area contributed by atoms with Crippen LogP contribution in [0.4, 0.5) is 10.1 Å². The number of amides is 1. The van der Waals surface area contributed by atoms with E-state index in [1.165, 1.54) is 23.8 Å². The first-order chi connectivity index (χ1) is 9.58. The predicted molar refractivity (Wildman–Crippen MR) is 78.0 cm³/mol. The Morgan fingerprint density at radius 3 is 2.75 bits per heavy atom. The van der Waals surface area contributed by atoms with Gasteiger partial charge in [-0.15, -0.1) is 0 Å². The number of nitrogens with two attached hydrogens (primary N) is 1. The highest BCUT2D eigenvalue weighted by atomic mass is 19.1. The fourth-order valence-electron chi connectivity index (χ4n) is 2.02. The molecular formula is C16H17FN2O. The van der Waals surface area contributed by atoms with Gasteiger partial charge in [-0.25, -0.2) is 4.39 Å². The van der Waals surface area contributed by atoms with Crippen molar-refractivity contribution in [3.05, 3.63) is 65.0 Å². The Bertz CT molecular complexity index is 626. The van der Waals surface area contributed by atoms with Crippen LogP contribution in [0.1, 0.15) is 21.5 Å². The van der Waals surface area contributed by atoms with Crippen molar-refractivity contribution >= 4 is 11.6 Å². The van der Waals surface area contributed by atoms with Gasteiger partial charge in [0.1, 0.15) is 5.82 Å². The first-order valence-electron chi connectivity index (χ1n) is 6.45. The van der Waals surface area contributed by atoms with Crippen molar-refractivity contribution in [1.82, 2.24) is 5.32 Å². The van der Waals surface area contributed by atoms with E-state index in [4.69, 9.17) is 5.73 Å². The fourth-order valence-corrected chi connectivity index (χ4v) is 2.02. The molecule has 0 heterocycles. The number of aryl methyl sites for hydroxylation is 1. The molecule has 104 valence electrons. The maximum atomic E-state index is 13.3. The third kappa shape index (κ3) is 3.35. The SMILES string of the molecule is Cc1cccc(CCNC(=O)c2cccc(F)c2N)c1.